The molecule has 0 fully saturated rings. The second kappa shape index (κ2) is 39.3. The predicted octanol–water partition coefficient (Wildman–Crippen LogP) is 10.8. The third-order valence-corrected chi connectivity index (χ3v) is 9.29. The van der Waals surface area contributed by atoms with Crippen molar-refractivity contribution in [1.82, 2.24) is 0 Å². The molecule has 0 aromatic heterocycles. The monoisotopic (exact) mass is 796 g/mol. The molecule has 8 heteroatoms. The van der Waals surface area contributed by atoms with Gasteiger partial charge in [0.2, 0.25) is 0 Å². The third kappa shape index (κ3) is 37.8. The van der Waals surface area contributed by atoms with E-state index < -0.39 is 18.1 Å². The molecule has 0 aromatic carbocycles. The normalized spacial score (nSPS) is 13.8. The Labute approximate surface area is 348 Å². The van der Waals surface area contributed by atoms with Crippen LogP contribution in [0.25, 0.3) is 0 Å². The Hall–Kier alpha value is -3.49. The van der Waals surface area contributed by atoms with Gasteiger partial charge in [-0.3, -0.25) is 9.59 Å². The van der Waals surface area contributed by atoms with Crippen molar-refractivity contribution in [3.8, 4) is 0 Å². The molecule has 0 radical (unpaired) electrons. The van der Waals surface area contributed by atoms with Gasteiger partial charge in [0.1, 0.15) is 12.6 Å². The van der Waals surface area contributed by atoms with E-state index in [1.54, 1.807) is 21.1 Å². The van der Waals surface area contributed by atoms with E-state index >= 15 is 0 Å². The highest BCUT2D eigenvalue weighted by atomic mass is 16.6. The first-order valence-corrected chi connectivity index (χ1v) is 22.1. The van der Waals surface area contributed by atoms with E-state index in [1.165, 1.54) is 44.9 Å². The summed E-state index contributed by atoms with van der Waals surface area (Å²) in [5.41, 5.74) is 0. The number of esters is 2. The summed E-state index contributed by atoms with van der Waals surface area (Å²) >= 11 is 0. The molecule has 0 heterocycles. The number of likely N-dealkylation sites (N-methyl/N-ethyl adjacent to an activating group) is 1. The predicted molar refractivity (Wildman–Crippen MR) is 235 cm³/mol. The largest absolute Gasteiger partial charge is 0.544 e. The average molecular weight is 796 g/mol. The van der Waals surface area contributed by atoms with Crippen LogP contribution in [0.2, 0.25) is 0 Å². The van der Waals surface area contributed by atoms with Gasteiger partial charge in [0.25, 0.3) is 0 Å². The van der Waals surface area contributed by atoms with Crippen LogP contribution in [0, 0.1) is 0 Å². The summed E-state index contributed by atoms with van der Waals surface area (Å²) in [7, 11) is 5.37. The van der Waals surface area contributed by atoms with Gasteiger partial charge in [-0.15, -0.1) is 0 Å². The number of nitrogens with zero attached hydrogens (tertiary/aromatic N) is 1. The number of allylic oxidation sites excluding steroid dienone is 14. The van der Waals surface area contributed by atoms with Crippen molar-refractivity contribution in [3.63, 3.8) is 0 Å². The lowest BCUT2D eigenvalue weighted by atomic mass is 10.1. The number of carbonyl (C=O) groups is 3. The maximum atomic E-state index is 12.7. The van der Waals surface area contributed by atoms with Gasteiger partial charge in [0.05, 0.1) is 40.3 Å². The number of ether oxygens (including phenoxy) is 3. The molecule has 0 aliphatic carbocycles. The minimum Gasteiger partial charge on any atom is -0.544 e. The number of hydrogen-bond acceptors (Lipinski definition) is 7. The van der Waals surface area contributed by atoms with E-state index in [1.807, 2.05) is 0 Å². The summed E-state index contributed by atoms with van der Waals surface area (Å²) in [5, 5.41) is 11.6. The van der Waals surface area contributed by atoms with Gasteiger partial charge in [-0.25, -0.2) is 0 Å². The molecule has 0 aliphatic heterocycles. The van der Waals surface area contributed by atoms with Crippen molar-refractivity contribution in [2.45, 2.75) is 167 Å². The van der Waals surface area contributed by atoms with Crippen molar-refractivity contribution in [2.75, 3.05) is 41.0 Å². The van der Waals surface area contributed by atoms with E-state index in [9.17, 15) is 19.5 Å². The number of carboxylic acids is 1. The highest BCUT2D eigenvalue weighted by Crippen LogP contribution is 2.11. The van der Waals surface area contributed by atoms with Crippen molar-refractivity contribution in [3.05, 3.63) is 85.1 Å². The fourth-order valence-corrected chi connectivity index (χ4v) is 5.86. The fourth-order valence-electron chi connectivity index (χ4n) is 5.86. The zero-order chi connectivity index (χ0) is 42.1. The second-order valence-corrected chi connectivity index (χ2v) is 15.6. The Bertz CT molecular complexity index is 1200. The molecule has 8 nitrogen and oxygen atoms in total. The minimum absolute atomic E-state index is 0.00718. The molecule has 0 amide bonds. The summed E-state index contributed by atoms with van der Waals surface area (Å²) in [6.07, 6.45) is 50.5. The molecule has 0 saturated carbocycles. The van der Waals surface area contributed by atoms with E-state index in [2.05, 4.69) is 98.9 Å². The topological polar surface area (TPSA) is 102 Å². The van der Waals surface area contributed by atoms with Gasteiger partial charge in [0, 0.05) is 19.3 Å². The number of rotatable bonds is 38. The molecule has 0 spiro atoms. The Morgan fingerprint density at radius 1 is 0.561 bits per heavy atom. The maximum Gasteiger partial charge on any atom is 0.306 e. The molecule has 0 aromatic rings. The van der Waals surface area contributed by atoms with Crippen molar-refractivity contribution >= 4 is 17.9 Å². The Morgan fingerprint density at radius 3 is 1.60 bits per heavy atom. The number of quaternary nitrogens is 1. The van der Waals surface area contributed by atoms with Crippen molar-refractivity contribution in [1.29, 1.82) is 0 Å². The van der Waals surface area contributed by atoms with Gasteiger partial charge in [-0.05, 0) is 77.0 Å². The molecule has 2 unspecified atom stereocenters. The maximum absolute atomic E-state index is 12.7. The molecule has 57 heavy (non-hydrogen) atoms. The molecular formula is C49H81NO7. The second-order valence-electron chi connectivity index (χ2n) is 15.6. The zero-order valence-electron chi connectivity index (χ0n) is 36.7. The van der Waals surface area contributed by atoms with E-state index in [-0.39, 0.29) is 55.5 Å². The lowest BCUT2D eigenvalue weighted by Crippen LogP contribution is -2.55. The molecular weight excluding hydrogens is 715 g/mol. The molecule has 0 aliphatic rings. The number of unbranched alkanes of at least 4 members (excludes halogenated alkanes) is 11. The van der Waals surface area contributed by atoms with Crippen LogP contribution in [0.15, 0.2) is 85.1 Å². The average Bonchev–Trinajstić information content (AvgIpc) is 3.17. The first-order chi connectivity index (χ1) is 27.6. The molecule has 0 rings (SSSR count). The highest BCUT2D eigenvalue weighted by molar-refractivity contribution is 5.70. The quantitative estimate of drug-likeness (QED) is 0.0202. The summed E-state index contributed by atoms with van der Waals surface area (Å²) in [4.78, 5) is 36.8. The minimum atomic E-state index is -1.14. The van der Waals surface area contributed by atoms with Crippen molar-refractivity contribution in [2.24, 2.45) is 0 Å². The van der Waals surface area contributed by atoms with Gasteiger partial charge >= 0.3 is 11.9 Å². The Balaban J connectivity index is 4.51. The first-order valence-electron chi connectivity index (χ1n) is 22.1. The molecule has 0 saturated heterocycles. The standard InChI is InChI=1S/C49H81NO7/c1-6-8-10-12-14-16-18-20-22-24-26-27-29-31-33-35-37-39-47(51)56-44-45(43-55-42-41-46(49(53)54)50(3,4)5)57-48(52)40-38-36-34-32-30-28-25-23-21-19-17-15-13-11-9-7-2/h8,10,14,16,20,22-23,25-28,30-31,33,45-46H,6-7,9,11-13,15,17-19,21,24,29,32,34-44H2,1-5H3/b10-8+,16-14+,22-20+,25-23+,27-26+,30-28+,33-31+. The summed E-state index contributed by atoms with van der Waals surface area (Å²) in [6.45, 7) is 4.43. The molecule has 2 atom stereocenters. The third-order valence-electron chi connectivity index (χ3n) is 9.29. The van der Waals surface area contributed by atoms with E-state index in [4.69, 9.17) is 14.2 Å². The number of aliphatic carboxylic acids is 1. The van der Waals surface area contributed by atoms with Crippen LogP contribution in [0.4, 0.5) is 0 Å². The number of carboxylic acid groups (broad SMARTS) is 1. The lowest BCUT2D eigenvalue weighted by Gasteiger charge is -2.34. The Kier molecular flexibility index (Phi) is 36.9. The first kappa shape index (κ1) is 53.5. The number of hydrogen-bond donors (Lipinski definition) is 0. The lowest BCUT2D eigenvalue weighted by molar-refractivity contribution is -0.889. The summed E-state index contributed by atoms with van der Waals surface area (Å²) < 4.78 is 17.1. The van der Waals surface area contributed by atoms with Crippen LogP contribution in [-0.4, -0.2) is 75.5 Å². The molecule has 0 N–H and O–H groups in total. The molecule has 324 valence electrons. The van der Waals surface area contributed by atoms with E-state index in [0.29, 0.717) is 12.8 Å². The summed E-state index contributed by atoms with van der Waals surface area (Å²) in [5.74, 6) is -1.86. The van der Waals surface area contributed by atoms with Crippen LogP contribution in [0.1, 0.15) is 155 Å². The number of carbonyl (C=O) groups excluding carboxylic acids is 3. The van der Waals surface area contributed by atoms with Crippen LogP contribution in [-0.2, 0) is 28.6 Å². The van der Waals surface area contributed by atoms with Gasteiger partial charge in [-0.1, -0.05) is 144 Å². The smallest absolute Gasteiger partial charge is 0.306 e. The Morgan fingerprint density at radius 2 is 1.05 bits per heavy atom. The van der Waals surface area contributed by atoms with E-state index in [0.717, 1.165) is 64.2 Å². The highest BCUT2D eigenvalue weighted by Gasteiger charge is 2.25. The van der Waals surface area contributed by atoms with Gasteiger partial charge in [0.15, 0.2) is 6.10 Å². The zero-order valence-corrected chi connectivity index (χ0v) is 36.7. The van der Waals surface area contributed by atoms with Crippen LogP contribution < -0.4 is 5.11 Å². The summed E-state index contributed by atoms with van der Waals surface area (Å²) in [6, 6.07) is -0.743. The van der Waals surface area contributed by atoms with Crippen LogP contribution >= 0.6 is 0 Å². The van der Waals surface area contributed by atoms with Gasteiger partial charge in [-0.2, -0.15) is 0 Å². The SMILES string of the molecule is CC/C=C/C/C=C/C/C=C/C/C=C/C/C=C/CCCC(=O)OCC(COCCC(C(=O)[O-])[N+](C)(C)C)OC(=O)CCCCC/C=C/C=C/CCCCCCCCC. The van der Waals surface area contributed by atoms with Gasteiger partial charge < -0.3 is 28.6 Å². The van der Waals surface area contributed by atoms with Crippen LogP contribution in [0.5, 0.6) is 0 Å². The van der Waals surface area contributed by atoms with Crippen molar-refractivity contribution < 1.29 is 38.2 Å². The van der Waals surface area contributed by atoms with Crippen LogP contribution in [0.3, 0.4) is 0 Å². The molecule has 0 bridgehead atoms. The fraction of sp³-hybridized carbons (Fsp3) is 0.653.